The van der Waals surface area contributed by atoms with Crippen molar-refractivity contribution in [1.82, 2.24) is 0 Å². The van der Waals surface area contributed by atoms with Crippen molar-refractivity contribution >= 4 is 17.9 Å². The normalized spacial score (nSPS) is 12.4. The van der Waals surface area contributed by atoms with Crippen LogP contribution in [0.2, 0.25) is 0 Å². The van der Waals surface area contributed by atoms with Crippen molar-refractivity contribution < 1.29 is 28.6 Å². The first-order chi connectivity index (χ1) is 40.5. The minimum atomic E-state index is -0.812. The van der Waals surface area contributed by atoms with E-state index in [1.165, 1.54) is 276 Å². The van der Waals surface area contributed by atoms with E-state index in [0.717, 1.165) is 70.6 Å². The molecule has 0 saturated heterocycles. The van der Waals surface area contributed by atoms with E-state index >= 15 is 0 Å². The summed E-state index contributed by atoms with van der Waals surface area (Å²) in [5, 5.41) is 0. The highest BCUT2D eigenvalue weighted by Crippen LogP contribution is 2.19. The summed E-state index contributed by atoms with van der Waals surface area (Å²) in [6.07, 6.45) is 91.6. The molecule has 0 aromatic carbocycles. The molecule has 6 heteroatoms. The van der Waals surface area contributed by atoms with Crippen molar-refractivity contribution in [3.63, 3.8) is 0 Å². The molecule has 0 fully saturated rings. The van der Waals surface area contributed by atoms with Crippen molar-refractivity contribution in [1.29, 1.82) is 0 Å². The van der Waals surface area contributed by atoms with Gasteiger partial charge in [-0.3, -0.25) is 14.4 Å². The number of carbonyl (C=O) groups excluding carboxylic acids is 3. The van der Waals surface area contributed by atoms with Crippen LogP contribution in [-0.2, 0) is 28.6 Å². The summed E-state index contributed by atoms with van der Waals surface area (Å²) in [6, 6.07) is 0. The van der Waals surface area contributed by atoms with Crippen LogP contribution in [0.1, 0.15) is 387 Å². The van der Waals surface area contributed by atoms with Crippen LogP contribution in [-0.4, -0.2) is 37.2 Å². The highest BCUT2D eigenvalue weighted by atomic mass is 16.6. The molecule has 1 atom stereocenters. The van der Waals surface area contributed by atoms with Crippen LogP contribution >= 0.6 is 0 Å². The molecule has 0 heterocycles. The van der Waals surface area contributed by atoms with E-state index in [0.29, 0.717) is 12.8 Å². The lowest BCUT2D eigenvalue weighted by Crippen LogP contribution is -2.30. The van der Waals surface area contributed by atoms with Gasteiger partial charge in [0.1, 0.15) is 13.2 Å². The molecule has 1 unspecified atom stereocenters. The average molecular weight is 1150 g/mol. The number of unbranched alkanes of at least 4 members (excludes halogenated alkanes) is 47. The van der Waals surface area contributed by atoms with Gasteiger partial charge in [0.15, 0.2) is 6.10 Å². The molecule has 0 N–H and O–H groups in total. The van der Waals surface area contributed by atoms with Gasteiger partial charge in [-0.05, 0) is 44.9 Å². The van der Waals surface area contributed by atoms with Crippen molar-refractivity contribution in [3.05, 3.63) is 60.8 Å². The monoisotopic (exact) mass is 1150 g/mol. The fourth-order valence-electron chi connectivity index (χ4n) is 10.9. The van der Waals surface area contributed by atoms with Gasteiger partial charge < -0.3 is 14.2 Å². The molecule has 0 amide bonds. The summed E-state index contributed by atoms with van der Waals surface area (Å²) in [6.45, 7) is 6.51. The summed E-state index contributed by atoms with van der Waals surface area (Å²) in [7, 11) is 0. The summed E-state index contributed by atoms with van der Waals surface area (Å²) in [5.41, 5.74) is 0. The zero-order valence-electron chi connectivity index (χ0n) is 55.0. The van der Waals surface area contributed by atoms with Crippen molar-refractivity contribution in [3.8, 4) is 0 Å². The largest absolute Gasteiger partial charge is 0.462 e. The van der Waals surface area contributed by atoms with Crippen LogP contribution in [0.5, 0.6) is 0 Å². The van der Waals surface area contributed by atoms with Crippen LogP contribution in [0.4, 0.5) is 0 Å². The second-order valence-electron chi connectivity index (χ2n) is 24.5. The summed E-state index contributed by atoms with van der Waals surface area (Å²) < 4.78 is 16.9. The molecular formula is C76H138O6. The first-order valence-electron chi connectivity index (χ1n) is 36.3. The van der Waals surface area contributed by atoms with Gasteiger partial charge in [-0.1, -0.05) is 383 Å². The van der Waals surface area contributed by atoms with Crippen LogP contribution in [0.3, 0.4) is 0 Å². The Labute approximate surface area is 510 Å². The van der Waals surface area contributed by atoms with Crippen molar-refractivity contribution in [2.75, 3.05) is 13.2 Å². The lowest BCUT2D eigenvalue weighted by Gasteiger charge is -2.18. The molecule has 0 aliphatic rings. The minimum absolute atomic E-state index is 0.0989. The Morgan fingerprint density at radius 2 is 0.476 bits per heavy atom. The second-order valence-corrected chi connectivity index (χ2v) is 24.5. The summed E-state index contributed by atoms with van der Waals surface area (Å²) >= 11 is 0. The molecule has 478 valence electrons. The fourth-order valence-corrected chi connectivity index (χ4v) is 10.9. The third kappa shape index (κ3) is 67.9. The number of allylic oxidation sites excluding steroid dienone is 9. The fraction of sp³-hybridized carbons (Fsp3) is 0.829. The molecule has 82 heavy (non-hydrogen) atoms. The van der Waals surface area contributed by atoms with Gasteiger partial charge in [-0.2, -0.15) is 0 Å². The average Bonchev–Trinajstić information content (AvgIpc) is 3.47. The van der Waals surface area contributed by atoms with E-state index in [-0.39, 0.29) is 31.6 Å². The van der Waals surface area contributed by atoms with Gasteiger partial charge in [-0.15, -0.1) is 0 Å². The Morgan fingerprint density at radius 1 is 0.256 bits per heavy atom. The van der Waals surface area contributed by atoms with Gasteiger partial charge in [0.2, 0.25) is 0 Å². The maximum Gasteiger partial charge on any atom is 0.309 e. The molecule has 0 spiro atoms. The third-order valence-corrected chi connectivity index (χ3v) is 16.3. The second kappa shape index (κ2) is 70.6. The molecule has 0 aromatic rings. The van der Waals surface area contributed by atoms with E-state index in [1.807, 2.05) is 12.2 Å². The predicted octanol–water partition coefficient (Wildman–Crippen LogP) is 25.1. The first kappa shape index (κ1) is 79.1. The highest BCUT2D eigenvalue weighted by Gasteiger charge is 2.19. The molecule has 0 rings (SSSR count). The van der Waals surface area contributed by atoms with Gasteiger partial charge in [0.25, 0.3) is 0 Å². The van der Waals surface area contributed by atoms with Crippen LogP contribution in [0.25, 0.3) is 0 Å². The SMILES string of the molecule is CC/C=C\C/C=C\C/C=C\C/C=C\C/C=C\CC(=O)OCC(COC(=O)CCCCCCCCCCCCCCCCCCCCCCCCCCCCCCCC)OC(=O)CCCCCCCCCCCCCCCCCCCCC. The molecular weight excluding hydrogens is 1010 g/mol. The van der Waals surface area contributed by atoms with E-state index in [1.54, 1.807) is 0 Å². The Hall–Kier alpha value is -2.89. The molecule has 0 saturated carbocycles. The quantitative estimate of drug-likeness (QED) is 0.0261. The van der Waals surface area contributed by atoms with Crippen LogP contribution < -0.4 is 0 Å². The molecule has 0 bridgehead atoms. The van der Waals surface area contributed by atoms with Gasteiger partial charge in [0.05, 0.1) is 6.42 Å². The third-order valence-electron chi connectivity index (χ3n) is 16.3. The Morgan fingerprint density at radius 3 is 0.744 bits per heavy atom. The highest BCUT2D eigenvalue weighted by molar-refractivity contribution is 5.72. The molecule has 0 aliphatic carbocycles. The van der Waals surface area contributed by atoms with Crippen LogP contribution in [0.15, 0.2) is 60.8 Å². The zero-order valence-corrected chi connectivity index (χ0v) is 55.0. The van der Waals surface area contributed by atoms with E-state index in [9.17, 15) is 14.4 Å². The summed E-state index contributed by atoms with van der Waals surface area (Å²) in [5.74, 6) is -1.01. The lowest BCUT2D eigenvalue weighted by atomic mass is 10.0. The van der Waals surface area contributed by atoms with E-state index in [2.05, 4.69) is 69.4 Å². The van der Waals surface area contributed by atoms with Gasteiger partial charge >= 0.3 is 17.9 Å². The smallest absolute Gasteiger partial charge is 0.309 e. The van der Waals surface area contributed by atoms with Crippen molar-refractivity contribution in [2.45, 2.75) is 393 Å². The number of carbonyl (C=O) groups is 3. The van der Waals surface area contributed by atoms with Crippen molar-refractivity contribution in [2.24, 2.45) is 0 Å². The number of hydrogen-bond donors (Lipinski definition) is 0. The maximum atomic E-state index is 12.9. The topological polar surface area (TPSA) is 78.9 Å². The standard InChI is InChI=1S/C76H138O6/c1-4-7-10-13-16-19-22-25-28-30-32-33-34-35-36-37-38-39-40-41-42-44-45-48-51-54-57-60-63-66-69-75(78)81-72-73(71-80-74(77)68-65-62-59-56-53-50-47-27-24-21-18-15-12-9-6-3)82-76(79)70-67-64-61-58-55-52-49-46-43-31-29-26-23-20-17-14-11-8-5-2/h9,12,18,21,27,47,53,56,62,65,73H,4-8,10-11,13-17,19-20,22-26,28-46,48-52,54-55,57-61,63-64,66-72H2,1-3H3/b12-9-,21-18-,47-27-,56-53-,65-62-. The van der Waals surface area contributed by atoms with Crippen LogP contribution in [0, 0.1) is 0 Å². The maximum absolute atomic E-state index is 12.9. The zero-order chi connectivity index (χ0) is 59.2. The predicted molar refractivity (Wildman–Crippen MR) is 358 cm³/mol. The molecule has 6 nitrogen and oxygen atoms in total. The first-order valence-corrected chi connectivity index (χ1v) is 36.3. The summed E-state index contributed by atoms with van der Waals surface area (Å²) in [4.78, 5) is 38.4. The lowest BCUT2D eigenvalue weighted by molar-refractivity contribution is -0.166. The molecule has 0 aromatic heterocycles. The number of ether oxygens (including phenoxy) is 3. The molecule has 0 aliphatic heterocycles. The van der Waals surface area contributed by atoms with Gasteiger partial charge in [-0.25, -0.2) is 0 Å². The Kier molecular flexibility index (Phi) is 68.1. The number of rotatable bonds is 67. The number of hydrogen-bond acceptors (Lipinski definition) is 6. The van der Waals surface area contributed by atoms with Gasteiger partial charge in [0, 0.05) is 12.8 Å². The Balaban J connectivity index is 4.24. The van der Waals surface area contributed by atoms with E-state index in [4.69, 9.17) is 14.2 Å². The van der Waals surface area contributed by atoms with E-state index < -0.39 is 12.1 Å². The number of esters is 3. The minimum Gasteiger partial charge on any atom is -0.462 e. The Bertz CT molecular complexity index is 1460. The molecule has 0 radical (unpaired) electrons.